The van der Waals surface area contributed by atoms with Gasteiger partial charge in [0, 0.05) is 31.2 Å². The van der Waals surface area contributed by atoms with E-state index in [1.54, 1.807) is 18.2 Å². The van der Waals surface area contributed by atoms with E-state index < -0.39 is 11.1 Å². The molecule has 2 N–H and O–H groups in total. The lowest BCUT2D eigenvalue weighted by atomic mass is 10.1. The zero-order valence-electron chi connectivity index (χ0n) is 14.7. The maximum atomic E-state index is 13.0. The van der Waals surface area contributed by atoms with Crippen LogP contribution in [0, 0.1) is 0 Å². The van der Waals surface area contributed by atoms with E-state index in [0.717, 1.165) is 25.9 Å². The Morgan fingerprint density at radius 3 is 2.76 bits per heavy atom. The van der Waals surface area contributed by atoms with Crippen molar-refractivity contribution in [3.63, 3.8) is 0 Å². The summed E-state index contributed by atoms with van der Waals surface area (Å²) in [6.07, 6.45) is 1.84. The van der Waals surface area contributed by atoms with Crippen molar-refractivity contribution in [3.8, 4) is 0 Å². The van der Waals surface area contributed by atoms with E-state index in [9.17, 15) is 14.4 Å². The van der Waals surface area contributed by atoms with Crippen LogP contribution < -0.4 is 16.4 Å². The van der Waals surface area contributed by atoms with Gasteiger partial charge in [-0.3, -0.25) is 14.4 Å². The molecule has 1 unspecified atom stereocenters. The number of aryl methyl sites for hydroxylation is 1. The van der Waals surface area contributed by atoms with Crippen LogP contribution in [-0.4, -0.2) is 46.0 Å². The second-order valence-electron chi connectivity index (χ2n) is 6.38. The molecule has 0 aliphatic carbocycles. The van der Waals surface area contributed by atoms with Crippen molar-refractivity contribution in [2.75, 3.05) is 19.6 Å². The van der Waals surface area contributed by atoms with Crippen molar-refractivity contribution in [1.82, 2.24) is 19.8 Å². The standard InChI is InChI=1S/C18H24N4O3/c1-3-9-22(13-7-8-19-11-13)17(24)12-5-6-15-14(10-12)20-16(23)18(25)21(15)4-2/h5-6,10,13,19H,3-4,7-9,11H2,1-2H3,(H,20,23). The Morgan fingerprint density at radius 2 is 2.12 bits per heavy atom. The molecule has 2 heterocycles. The Balaban J connectivity index is 2.02. The fraction of sp³-hybridized carbons (Fsp3) is 0.500. The number of aromatic nitrogens is 2. The van der Waals surface area contributed by atoms with Crippen LogP contribution in [0.3, 0.4) is 0 Å². The van der Waals surface area contributed by atoms with Gasteiger partial charge in [-0.05, 0) is 44.5 Å². The molecule has 1 atom stereocenters. The zero-order valence-corrected chi connectivity index (χ0v) is 14.7. The molecule has 1 aromatic carbocycles. The van der Waals surface area contributed by atoms with Crippen molar-refractivity contribution in [3.05, 3.63) is 44.5 Å². The molecule has 1 aliphatic heterocycles. The van der Waals surface area contributed by atoms with Gasteiger partial charge in [-0.2, -0.15) is 0 Å². The largest absolute Gasteiger partial charge is 0.334 e. The third-order valence-corrected chi connectivity index (χ3v) is 4.74. The van der Waals surface area contributed by atoms with Gasteiger partial charge in [0.2, 0.25) is 0 Å². The number of H-pyrrole nitrogens is 1. The van der Waals surface area contributed by atoms with E-state index in [4.69, 9.17) is 0 Å². The number of benzene rings is 1. The number of nitrogens with one attached hydrogen (secondary N) is 2. The summed E-state index contributed by atoms with van der Waals surface area (Å²) in [5.74, 6) is -0.0347. The Morgan fingerprint density at radius 1 is 1.32 bits per heavy atom. The van der Waals surface area contributed by atoms with Crippen molar-refractivity contribution in [2.45, 2.75) is 39.3 Å². The Labute approximate surface area is 145 Å². The molecular weight excluding hydrogens is 320 g/mol. The fourth-order valence-electron chi connectivity index (χ4n) is 3.49. The molecule has 1 fully saturated rings. The first kappa shape index (κ1) is 17.4. The van der Waals surface area contributed by atoms with E-state index in [2.05, 4.69) is 17.2 Å². The predicted molar refractivity (Wildman–Crippen MR) is 97.1 cm³/mol. The fourth-order valence-corrected chi connectivity index (χ4v) is 3.49. The summed E-state index contributed by atoms with van der Waals surface area (Å²) < 4.78 is 1.42. The van der Waals surface area contributed by atoms with Gasteiger partial charge in [-0.15, -0.1) is 0 Å². The maximum absolute atomic E-state index is 13.0. The molecule has 134 valence electrons. The summed E-state index contributed by atoms with van der Waals surface area (Å²) in [5, 5.41) is 3.30. The Kier molecular flexibility index (Phi) is 5.03. The Bertz CT molecular complexity index is 893. The summed E-state index contributed by atoms with van der Waals surface area (Å²) in [4.78, 5) is 41.3. The molecule has 25 heavy (non-hydrogen) atoms. The third kappa shape index (κ3) is 3.24. The highest BCUT2D eigenvalue weighted by Gasteiger charge is 2.26. The number of hydrogen-bond acceptors (Lipinski definition) is 4. The molecule has 1 aliphatic rings. The van der Waals surface area contributed by atoms with E-state index >= 15 is 0 Å². The highest BCUT2D eigenvalue weighted by Crippen LogP contribution is 2.17. The van der Waals surface area contributed by atoms with Crippen LogP contribution in [0.1, 0.15) is 37.0 Å². The van der Waals surface area contributed by atoms with Crippen molar-refractivity contribution in [1.29, 1.82) is 0 Å². The van der Waals surface area contributed by atoms with Gasteiger partial charge in [-0.1, -0.05) is 6.92 Å². The number of amides is 1. The molecule has 0 bridgehead atoms. The van der Waals surface area contributed by atoms with Crippen molar-refractivity contribution in [2.24, 2.45) is 0 Å². The monoisotopic (exact) mass is 344 g/mol. The van der Waals surface area contributed by atoms with E-state index in [1.165, 1.54) is 4.57 Å². The first-order chi connectivity index (χ1) is 12.1. The van der Waals surface area contributed by atoms with Crippen LogP contribution in [0.2, 0.25) is 0 Å². The molecule has 7 heteroatoms. The lowest BCUT2D eigenvalue weighted by Gasteiger charge is -2.28. The minimum atomic E-state index is -0.663. The number of carbonyl (C=O) groups is 1. The second kappa shape index (κ2) is 7.23. The number of hydrogen-bond donors (Lipinski definition) is 2. The first-order valence-corrected chi connectivity index (χ1v) is 8.85. The molecule has 1 amide bonds. The van der Waals surface area contributed by atoms with Crippen LogP contribution in [0.5, 0.6) is 0 Å². The van der Waals surface area contributed by atoms with Crippen LogP contribution >= 0.6 is 0 Å². The molecule has 2 aromatic rings. The predicted octanol–water partition coefficient (Wildman–Crippen LogP) is 0.924. The van der Waals surface area contributed by atoms with E-state index in [1.807, 2.05) is 11.8 Å². The SMILES string of the molecule is CCCN(C(=O)c1ccc2c(c1)[nH]c(=O)c(=O)n2CC)C1CCNC1. The van der Waals surface area contributed by atoms with Gasteiger partial charge >= 0.3 is 11.1 Å². The lowest BCUT2D eigenvalue weighted by molar-refractivity contribution is 0.0692. The normalized spacial score (nSPS) is 17.1. The average molecular weight is 344 g/mol. The van der Waals surface area contributed by atoms with Gasteiger partial charge in [0.25, 0.3) is 5.91 Å². The summed E-state index contributed by atoms with van der Waals surface area (Å²) in [5.41, 5.74) is 0.444. The van der Waals surface area contributed by atoms with Gasteiger partial charge in [-0.25, -0.2) is 0 Å². The highest BCUT2D eigenvalue weighted by molar-refractivity contribution is 5.97. The number of nitrogens with zero attached hydrogens (tertiary/aromatic N) is 2. The minimum absolute atomic E-state index is 0.0347. The molecule has 1 saturated heterocycles. The van der Waals surface area contributed by atoms with Crippen molar-refractivity contribution < 1.29 is 4.79 Å². The maximum Gasteiger partial charge on any atom is 0.316 e. The lowest BCUT2D eigenvalue weighted by Crippen LogP contribution is -2.42. The minimum Gasteiger partial charge on any atom is -0.334 e. The van der Waals surface area contributed by atoms with Gasteiger partial charge in [0.05, 0.1) is 11.0 Å². The average Bonchev–Trinajstić information content (AvgIpc) is 3.14. The number of aromatic amines is 1. The number of rotatable bonds is 5. The summed E-state index contributed by atoms with van der Waals surface area (Å²) >= 11 is 0. The summed E-state index contributed by atoms with van der Waals surface area (Å²) in [7, 11) is 0. The van der Waals surface area contributed by atoms with Gasteiger partial charge in [0.15, 0.2) is 0 Å². The zero-order chi connectivity index (χ0) is 18.0. The topological polar surface area (TPSA) is 87.2 Å². The van der Waals surface area contributed by atoms with Gasteiger partial charge < -0.3 is 19.8 Å². The quantitative estimate of drug-likeness (QED) is 0.790. The van der Waals surface area contributed by atoms with E-state index in [0.29, 0.717) is 29.7 Å². The summed E-state index contributed by atoms with van der Waals surface area (Å²) in [6.45, 7) is 6.71. The van der Waals surface area contributed by atoms with Crippen LogP contribution in [0.4, 0.5) is 0 Å². The van der Waals surface area contributed by atoms with Crippen LogP contribution in [0.15, 0.2) is 27.8 Å². The molecule has 3 rings (SSSR count). The van der Waals surface area contributed by atoms with Crippen LogP contribution in [0.25, 0.3) is 11.0 Å². The molecule has 0 saturated carbocycles. The highest BCUT2D eigenvalue weighted by atomic mass is 16.2. The van der Waals surface area contributed by atoms with Crippen LogP contribution in [-0.2, 0) is 6.54 Å². The molecule has 0 spiro atoms. The summed E-state index contributed by atoms with van der Waals surface area (Å²) in [6, 6.07) is 5.35. The molecule has 7 nitrogen and oxygen atoms in total. The van der Waals surface area contributed by atoms with Crippen molar-refractivity contribution >= 4 is 16.9 Å². The molecular formula is C18H24N4O3. The molecule has 0 radical (unpaired) electrons. The molecule has 1 aromatic heterocycles. The number of carbonyl (C=O) groups excluding carboxylic acids is 1. The first-order valence-electron chi connectivity index (χ1n) is 8.85. The second-order valence-corrected chi connectivity index (χ2v) is 6.38. The van der Waals surface area contributed by atoms with Gasteiger partial charge in [0.1, 0.15) is 0 Å². The third-order valence-electron chi connectivity index (χ3n) is 4.74. The number of fused-ring (bicyclic) bond motifs is 1. The Hall–Kier alpha value is -2.41. The van der Waals surface area contributed by atoms with E-state index in [-0.39, 0.29) is 11.9 Å². The smallest absolute Gasteiger partial charge is 0.316 e.